The van der Waals surface area contributed by atoms with Crippen molar-refractivity contribution in [1.82, 2.24) is 4.98 Å². The standard InChI is InChI=1S/C35H48F3NO3/c1-3-5-6-9-12-30-31(42-30)23-41-28-18-15-26(16-19-28)29-20-17-27-22-32(39-34(36)33(27)35(29,37)38)40-21-10-7-8-11-24(4-2)25-13-14-25/h15-16,18-19,22,24-25,29-31H,3-14,17,20-21,23H2,1-2H3. The first-order valence-corrected chi connectivity index (χ1v) is 16.5. The molecule has 0 radical (unpaired) electrons. The molecule has 3 aliphatic rings. The molecule has 42 heavy (non-hydrogen) atoms. The van der Waals surface area contributed by atoms with Gasteiger partial charge in [0.05, 0.1) is 24.2 Å². The number of alkyl halides is 2. The van der Waals surface area contributed by atoms with Crippen molar-refractivity contribution in [3.8, 4) is 11.6 Å². The molecule has 5 rings (SSSR count). The fourth-order valence-electron chi connectivity index (χ4n) is 6.72. The van der Waals surface area contributed by atoms with Gasteiger partial charge in [-0.25, -0.2) is 8.78 Å². The molecule has 2 fully saturated rings. The molecule has 1 aliphatic heterocycles. The first kappa shape index (κ1) is 31.2. The Morgan fingerprint density at radius 1 is 0.952 bits per heavy atom. The number of aryl methyl sites for hydroxylation is 1. The summed E-state index contributed by atoms with van der Waals surface area (Å²) in [5.74, 6) is -3.10. The molecule has 1 aromatic heterocycles. The Morgan fingerprint density at radius 3 is 2.48 bits per heavy atom. The van der Waals surface area contributed by atoms with Crippen LogP contribution in [0.15, 0.2) is 30.3 Å². The van der Waals surface area contributed by atoms with Crippen molar-refractivity contribution in [3.05, 3.63) is 53.0 Å². The van der Waals surface area contributed by atoms with Gasteiger partial charge in [0.15, 0.2) is 0 Å². The van der Waals surface area contributed by atoms with E-state index in [1.807, 2.05) is 0 Å². The monoisotopic (exact) mass is 587 g/mol. The highest BCUT2D eigenvalue weighted by atomic mass is 19.3. The van der Waals surface area contributed by atoms with Gasteiger partial charge in [0.2, 0.25) is 11.8 Å². The van der Waals surface area contributed by atoms with Gasteiger partial charge in [-0.05, 0) is 73.6 Å². The fraction of sp³-hybridized carbons (Fsp3) is 0.686. The molecule has 0 spiro atoms. The van der Waals surface area contributed by atoms with Gasteiger partial charge in [0.1, 0.15) is 18.5 Å². The number of rotatable bonds is 18. The molecule has 4 nitrogen and oxygen atoms in total. The summed E-state index contributed by atoms with van der Waals surface area (Å²) >= 11 is 0. The van der Waals surface area contributed by atoms with E-state index in [0.29, 0.717) is 36.5 Å². The average molecular weight is 588 g/mol. The summed E-state index contributed by atoms with van der Waals surface area (Å²) in [6.07, 6.45) is 15.2. The Kier molecular flexibility index (Phi) is 10.7. The molecule has 0 bridgehead atoms. The van der Waals surface area contributed by atoms with Crippen LogP contribution in [0.5, 0.6) is 11.6 Å². The minimum absolute atomic E-state index is 0.106. The summed E-state index contributed by atoms with van der Waals surface area (Å²) in [4.78, 5) is 3.79. The van der Waals surface area contributed by atoms with Crippen LogP contribution in [0.2, 0.25) is 0 Å². The van der Waals surface area contributed by atoms with Gasteiger partial charge in [-0.3, -0.25) is 0 Å². The lowest BCUT2D eigenvalue weighted by Crippen LogP contribution is -2.32. The van der Waals surface area contributed by atoms with E-state index in [0.717, 1.165) is 31.1 Å². The molecule has 0 N–H and O–H groups in total. The van der Waals surface area contributed by atoms with E-state index in [-0.39, 0.29) is 24.5 Å². The van der Waals surface area contributed by atoms with E-state index < -0.39 is 23.4 Å². The minimum Gasteiger partial charge on any atom is -0.491 e. The van der Waals surface area contributed by atoms with Gasteiger partial charge < -0.3 is 14.2 Å². The van der Waals surface area contributed by atoms with E-state index >= 15 is 13.2 Å². The summed E-state index contributed by atoms with van der Waals surface area (Å²) in [6.45, 7) is 5.36. The summed E-state index contributed by atoms with van der Waals surface area (Å²) in [7, 11) is 0. The third kappa shape index (κ3) is 8.00. The second-order valence-electron chi connectivity index (χ2n) is 12.6. The van der Waals surface area contributed by atoms with E-state index in [1.54, 1.807) is 24.3 Å². The third-order valence-corrected chi connectivity index (χ3v) is 9.52. The highest BCUT2D eigenvalue weighted by Crippen LogP contribution is 2.50. The maximum absolute atomic E-state index is 15.7. The van der Waals surface area contributed by atoms with Crippen molar-refractivity contribution in [1.29, 1.82) is 0 Å². The molecule has 1 saturated heterocycles. The first-order valence-electron chi connectivity index (χ1n) is 16.5. The van der Waals surface area contributed by atoms with Crippen LogP contribution in [0.25, 0.3) is 0 Å². The van der Waals surface area contributed by atoms with Crippen molar-refractivity contribution in [3.63, 3.8) is 0 Å². The second-order valence-corrected chi connectivity index (χ2v) is 12.6. The molecule has 2 aliphatic carbocycles. The molecule has 0 amide bonds. The molecule has 4 unspecified atom stereocenters. The van der Waals surface area contributed by atoms with Crippen molar-refractivity contribution < 1.29 is 27.4 Å². The number of unbranched alkanes of at least 4 members (excludes halogenated alkanes) is 5. The highest BCUT2D eigenvalue weighted by molar-refractivity contribution is 5.41. The zero-order valence-corrected chi connectivity index (χ0v) is 25.4. The predicted molar refractivity (Wildman–Crippen MR) is 159 cm³/mol. The molecule has 4 atom stereocenters. The van der Waals surface area contributed by atoms with Gasteiger partial charge in [-0.15, -0.1) is 0 Å². The van der Waals surface area contributed by atoms with Crippen molar-refractivity contribution >= 4 is 0 Å². The van der Waals surface area contributed by atoms with Crippen LogP contribution in [-0.4, -0.2) is 30.4 Å². The van der Waals surface area contributed by atoms with Crippen LogP contribution in [0.4, 0.5) is 13.2 Å². The Bertz CT molecular complexity index is 1140. The van der Waals surface area contributed by atoms with Gasteiger partial charge in [0.25, 0.3) is 5.92 Å². The number of hydrogen-bond donors (Lipinski definition) is 0. The van der Waals surface area contributed by atoms with Crippen molar-refractivity contribution in [2.24, 2.45) is 11.8 Å². The highest BCUT2D eigenvalue weighted by Gasteiger charge is 2.49. The molecule has 1 aromatic carbocycles. The second kappa shape index (κ2) is 14.5. The zero-order chi connectivity index (χ0) is 29.5. The van der Waals surface area contributed by atoms with Gasteiger partial charge >= 0.3 is 0 Å². The summed E-state index contributed by atoms with van der Waals surface area (Å²) in [5.41, 5.74) is 0.178. The summed E-state index contributed by atoms with van der Waals surface area (Å²) < 4.78 is 63.7. The Labute approximate surface area is 249 Å². The van der Waals surface area contributed by atoms with Crippen LogP contribution in [0.3, 0.4) is 0 Å². The van der Waals surface area contributed by atoms with Crippen LogP contribution in [-0.2, 0) is 17.1 Å². The molecule has 1 saturated carbocycles. The predicted octanol–water partition coefficient (Wildman–Crippen LogP) is 9.53. The SMILES string of the molecule is CCCCCCC1OC1COc1ccc(C2CCc3cc(OCCCCCC(CC)C4CC4)nc(F)c3C2(F)F)cc1. The average Bonchev–Trinajstić information content (AvgIpc) is 3.91. The van der Waals surface area contributed by atoms with E-state index in [4.69, 9.17) is 14.2 Å². The maximum atomic E-state index is 15.7. The van der Waals surface area contributed by atoms with Crippen LogP contribution in [0.1, 0.15) is 120 Å². The van der Waals surface area contributed by atoms with Crippen molar-refractivity contribution in [2.75, 3.05) is 13.2 Å². The fourth-order valence-corrected chi connectivity index (χ4v) is 6.72. The molecule has 7 heteroatoms. The summed E-state index contributed by atoms with van der Waals surface area (Å²) in [5, 5.41) is 0. The van der Waals surface area contributed by atoms with Crippen LogP contribution in [0, 0.1) is 17.8 Å². The number of hydrogen-bond acceptors (Lipinski definition) is 4. The molecule has 2 aromatic rings. The minimum atomic E-state index is -3.37. The van der Waals surface area contributed by atoms with Gasteiger partial charge in [0, 0.05) is 6.07 Å². The smallest absolute Gasteiger partial charge is 0.284 e. The van der Waals surface area contributed by atoms with E-state index in [1.165, 1.54) is 63.9 Å². The van der Waals surface area contributed by atoms with E-state index in [2.05, 4.69) is 18.8 Å². The van der Waals surface area contributed by atoms with E-state index in [9.17, 15) is 0 Å². The molecular formula is C35H48F3NO3. The lowest BCUT2D eigenvalue weighted by Gasteiger charge is -2.33. The van der Waals surface area contributed by atoms with Gasteiger partial charge in [-0.2, -0.15) is 9.37 Å². The summed E-state index contributed by atoms with van der Waals surface area (Å²) in [6, 6.07) is 8.30. The van der Waals surface area contributed by atoms with Gasteiger partial charge in [-0.1, -0.05) is 77.3 Å². The molecular weight excluding hydrogens is 539 g/mol. The molecule has 2 heterocycles. The third-order valence-electron chi connectivity index (χ3n) is 9.52. The lowest BCUT2D eigenvalue weighted by molar-refractivity contribution is -0.0475. The van der Waals surface area contributed by atoms with Crippen LogP contribution >= 0.6 is 0 Å². The van der Waals surface area contributed by atoms with Crippen LogP contribution < -0.4 is 9.47 Å². The number of nitrogens with zero attached hydrogens (tertiary/aromatic N) is 1. The first-order chi connectivity index (χ1) is 20.4. The van der Waals surface area contributed by atoms with Crippen molar-refractivity contribution in [2.45, 2.75) is 128 Å². The number of benzene rings is 1. The Balaban J connectivity index is 1.09. The topological polar surface area (TPSA) is 43.9 Å². The normalized spacial score (nSPS) is 23.3. The number of halogens is 3. The molecule has 232 valence electrons. The zero-order valence-electron chi connectivity index (χ0n) is 25.4. The Morgan fingerprint density at radius 2 is 1.74 bits per heavy atom. The number of epoxide rings is 1. The lowest BCUT2D eigenvalue weighted by atomic mass is 9.77. The quantitative estimate of drug-likeness (QED) is 0.0990. The number of aromatic nitrogens is 1. The number of pyridine rings is 1. The Hall–Kier alpha value is -2.28. The maximum Gasteiger partial charge on any atom is 0.284 e. The largest absolute Gasteiger partial charge is 0.491 e. The number of fused-ring (bicyclic) bond motifs is 1. The number of ether oxygens (including phenoxy) is 3.